The van der Waals surface area contributed by atoms with Gasteiger partial charge in [-0.2, -0.15) is 0 Å². The highest BCUT2D eigenvalue weighted by atomic mass is 16.6. The van der Waals surface area contributed by atoms with Gasteiger partial charge in [-0.1, -0.05) is 12.5 Å². The van der Waals surface area contributed by atoms with Crippen LogP contribution in [0.1, 0.15) is 53.9 Å². The molecule has 1 spiro atoms. The molecular weight excluding hydrogens is 566 g/mol. The minimum Gasteiger partial charge on any atom is -0.467 e. The van der Waals surface area contributed by atoms with E-state index in [0.717, 1.165) is 7.11 Å². The maximum Gasteiger partial charge on any atom is 0.348 e. The zero-order valence-electron chi connectivity index (χ0n) is 25.1. The van der Waals surface area contributed by atoms with Gasteiger partial charge in [0.1, 0.15) is 12.2 Å². The first kappa shape index (κ1) is 31.3. The van der Waals surface area contributed by atoms with E-state index in [1.807, 2.05) is 0 Å². The average molecular weight is 606 g/mol. The molecule has 0 radical (unpaired) electrons. The number of rotatable bonds is 6. The van der Waals surface area contributed by atoms with Crippen molar-refractivity contribution < 1.29 is 57.9 Å². The molecule has 2 unspecified atom stereocenters. The van der Waals surface area contributed by atoms with Crippen molar-refractivity contribution in [2.24, 2.45) is 34.3 Å². The van der Waals surface area contributed by atoms with Crippen LogP contribution in [0.4, 0.5) is 0 Å². The molecule has 11 atom stereocenters. The Labute approximate surface area is 248 Å². The number of aliphatic hydroxyl groups is 2. The van der Waals surface area contributed by atoms with Crippen molar-refractivity contribution in [3.8, 4) is 0 Å². The molecule has 43 heavy (non-hydrogen) atoms. The van der Waals surface area contributed by atoms with Gasteiger partial charge in [-0.15, -0.1) is 0 Å². The number of ether oxygens (including phenoxy) is 5. The molecule has 0 amide bonds. The number of methoxy groups -OCH3 is 1. The predicted octanol–water partition coefficient (Wildman–Crippen LogP) is 0.240. The Kier molecular flexibility index (Phi) is 7.64. The van der Waals surface area contributed by atoms with Gasteiger partial charge >= 0.3 is 23.9 Å². The molecule has 236 valence electrons. The Morgan fingerprint density at radius 3 is 2.47 bits per heavy atom. The van der Waals surface area contributed by atoms with Crippen molar-refractivity contribution >= 4 is 29.7 Å². The van der Waals surface area contributed by atoms with Crippen molar-refractivity contribution in [2.75, 3.05) is 13.7 Å². The van der Waals surface area contributed by atoms with E-state index < -0.39 is 94.3 Å². The average Bonchev–Trinajstić information content (AvgIpc) is 3.21. The van der Waals surface area contributed by atoms with Gasteiger partial charge in [0.15, 0.2) is 11.5 Å². The number of hydrogen-bond donors (Lipinski definition) is 3. The Morgan fingerprint density at radius 1 is 1.19 bits per heavy atom. The number of Topliss-reactive ketones (excluding diaryl/α,β-unsaturated/α-hetero) is 1. The number of allylic oxidation sites excluding steroid dienone is 3. The predicted molar refractivity (Wildman–Crippen MR) is 144 cm³/mol. The normalized spacial score (nSPS) is 41.7. The SMILES string of the molecule is COC(=O)[C@@]12OC[C@]34C([C@@H](O)[C@@H]1O)[C@@]1(C)CC(=O)C(OC(=O)CC(C)N)=C(C)[C@@H]1C[C@H]3OC(=O)[C@H](OC(=O)C=C(C)C)[C@@H]24. The number of fused-ring (bicyclic) bond motifs is 2. The molecule has 4 N–H and O–H groups in total. The van der Waals surface area contributed by atoms with Crippen LogP contribution in [0.5, 0.6) is 0 Å². The number of carbonyl (C=O) groups excluding carboxylic acids is 5. The molecule has 13 nitrogen and oxygen atoms in total. The summed E-state index contributed by atoms with van der Waals surface area (Å²) in [6.45, 7) is 8.13. The lowest BCUT2D eigenvalue weighted by molar-refractivity contribution is -0.290. The van der Waals surface area contributed by atoms with E-state index in [9.17, 15) is 34.2 Å². The van der Waals surface area contributed by atoms with E-state index in [-0.39, 0.29) is 31.6 Å². The second-order valence-electron chi connectivity index (χ2n) is 13.1. The van der Waals surface area contributed by atoms with E-state index in [4.69, 9.17) is 29.4 Å². The van der Waals surface area contributed by atoms with Gasteiger partial charge < -0.3 is 39.6 Å². The standard InChI is InChI=1S/C30H39NO12/c1-12(2)7-18(33)43-22-24-29-11-40-30(24,27(38)39-6)25(36)20(35)23(29)28(5)10-16(32)21(42-19(34)8-13(3)31)14(4)15(28)9-17(29)41-26(22)37/h7,13,15,17,20,22-25,35-36H,8-11,31H2,1-6H3/t13?,15-,17+,20+,22+,23?,24+,25-,28-,29+,30-/m0/s1. The molecule has 2 saturated heterocycles. The highest BCUT2D eigenvalue weighted by Crippen LogP contribution is 2.72. The first-order valence-corrected chi connectivity index (χ1v) is 14.4. The van der Waals surface area contributed by atoms with Gasteiger partial charge in [0, 0.05) is 29.9 Å². The molecule has 5 rings (SSSR count). The van der Waals surface area contributed by atoms with Crippen LogP contribution in [0.15, 0.2) is 23.0 Å². The minimum atomic E-state index is -2.26. The molecule has 2 aliphatic heterocycles. The van der Waals surface area contributed by atoms with Crippen LogP contribution in [0, 0.1) is 28.6 Å². The Hall–Kier alpha value is -3.13. The fourth-order valence-corrected chi connectivity index (χ4v) is 8.80. The Morgan fingerprint density at radius 2 is 1.86 bits per heavy atom. The molecule has 0 aromatic heterocycles. The van der Waals surface area contributed by atoms with E-state index in [1.165, 1.54) is 6.08 Å². The quantitative estimate of drug-likeness (QED) is 0.212. The highest BCUT2D eigenvalue weighted by Gasteiger charge is 2.85. The van der Waals surface area contributed by atoms with Crippen LogP contribution in [-0.4, -0.2) is 89.6 Å². The van der Waals surface area contributed by atoms with Crippen LogP contribution < -0.4 is 5.73 Å². The summed E-state index contributed by atoms with van der Waals surface area (Å²) in [5, 5.41) is 23.5. The van der Waals surface area contributed by atoms with Crippen LogP contribution in [-0.2, 0) is 47.7 Å². The first-order chi connectivity index (χ1) is 20.1. The second kappa shape index (κ2) is 10.5. The van der Waals surface area contributed by atoms with E-state index in [0.29, 0.717) is 11.1 Å². The molecule has 2 bridgehead atoms. The number of aliphatic hydroxyl groups excluding tert-OH is 2. The molecule has 4 fully saturated rings. The van der Waals surface area contributed by atoms with Gasteiger partial charge in [0.25, 0.3) is 0 Å². The van der Waals surface area contributed by atoms with Crippen molar-refractivity contribution in [3.05, 3.63) is 23.0 Å². The summed E-state index contributed by atoms with van der Waals surface area (Å²) in [6, 6.07) is -0.486. The van der Waals surface area contributed by atoms with Gasteiger partial charge in [-0.25, -0.2) is 14.4 Å². The monoisotopic (exact) mass is 605 g/mol. The number of carbonyl (C=O) groups is 5. The summed E-state index contributed by atoms with van der Waals surface area (Å²) < 4.78 is 28.2. The molecular formula is C30H39NO12. The molecule has 2 saturated carbocycles. The summed E-state index contributed by atoms with van der Waals surface area (Å²) in [4.78, 5) is 65.9. The van der Waals surface area contributed by atoms with E-state index >= 15 is 0 Å². The van der Waals surface area contributed by atoms with Crippen molar-refractivity contribution in [1.82, 2.24) is 0 Å². The number of hydrogen-bond acceptors (Lipinski definition) is 13. The Balaban J connectivity index is 1.67. The number of esters is 4. The van der Waals surface area contributed by atoms with E-state index in [1.54, 1.807) is 34.6 Å². The second-order valence-corrected chi connectivity index (χ2v) is 13.1. The Bertz CT molecular complexity index is 1330. The summed E-state index contributed by atoms with van der Waals surface area (Å²) >= 11 is 0. The fraction of sp³-hybridized carbons (Fsp3) is 0.700. The summed E-state index contributed by atoms with van der Waals surface area (Å²) in [5.41, 5.74) is 2.06. The molecule has 0 aromatic rings. The van der Waals surface area contributed by atoms with E-state index in [2.05, 4.69) is 0 Å². The summed E-state index contributed by atoms with van der Waals surface area (Å²) in [5.74, 6) is -6.95. The van der Waals surface area contributed by atoms with Crippen molar-refractivity contribution in [1.29, 1.82) is 0 Å². The molecule has 5 aliphatic rings. The zero-order chi connectivity index (χ0) is 31.8. The molecule has 0 aromatic carbocycles. The van der Waals surface area contributed by atoms with Crippen molar-refractivity contribution in [3.63, 3.8) is 0 Å². The third-order valence-corrected chi connectivity index (χ3v) is 10.2. The molecule has 2 heterocycles. The van der Waals surface area contributed by atoms with Gasteiger partial charge in [-0.3, -0.25) is 9.59 Å². The smallest absolute Gasteiger partial charge is 0.348 e. The molecule has 3 aliphatic carbocycles. The van der Waals surface area contributed by atoms with Crippen LogP contribution in [0.2, 0.25) is 0 Å². The maximum atomic E-state index is 13.6. The van der Waals surface area contributed by atoms with Crippen LogP contribution >= 0.6 is 0 Å². The fourth-order valence-electron chi connectivity index (χ4n) is 8.80. The maximum absolute atomic E-state index is 13.6. The highest BCUT2D eigenvalue weighted by molar-refractivity contribution is 5.98. The van der Waals surface area contributed by atoms with Gasteiger partial charge in [0.2, 0.25) is 11.7 Å². The van der Waals surface area contributed by atoms with Crippen LogP contribution in [0.3, 0.4) is 0 Å². The van der Waals surface area contributed by atoms with Crippen LogP contribution in [0.25, 0.3) is 0 Å². The molecule has 13 heteroatoms. The summed E-state index contributed by atoms with van der Waals surface area (Å²) in [6.07, 6.45) is -5.21. The first-order valence-electron chi connectivity index (χ1n) is 14.4. The summed E-state index contributed by atoms with van der Waals surface area (Å²) in [7, 11) is 1.08. The van der Waals surface area contributed by atoms with Gasteiger partial charge in [0.05, 0.1) is 32.2 Å². The lowest BCUT2D eigenvalue weighted by Gasteiger charge is -2.67. The van der Waals surface area contributed by atoms with Crippen molar-refractivity contribution in [2.45, 2.75) is 89.9 Å². The zero-order valence-corrected chi connectivity index (χ0v) is 25.1. The topological polar surface area (TPSA) is 198 Å². The minimum absolute atomic E-state index is 0.107. The lowest BCUT2D eigenvalue weighted by atomic mass is 9.38. The number of nitrogens with two attached hydrogens (primary N) is 1. The largest absolute Gasteiger partial charge is 0.467 e. The third-order valence-electron chi connectivity index (χ3n) is 10.2. The number of ketones is 1. The lowest BCUT2D eigenvalue weighted by Crippen LogP contribution is -2.79. The van der Waals surface area contributed by atoms with Gasteiger partial charge in [-0.05, 0) is 51.0 Å². The third kappa shape index (κ3) is 4.30.